The molecule has 1 rings (SSSR count). The third-order valence-electron chi connectivity index (χ3n) is 0.713. The van der Waals surface area contributed by atoms with Crippen molar-refractivity contribution >= 4 is 23.2 Å². The van der Waals surface area contributed by atoms with Crippen molar-refractivity contribution in [1.82, 2.24) is 9.97 Å². The first-order chi connectivity index (χ1) is 5.41. The molecule has 4 heteroatoms. The summed E-state index contributed by atoms with van der Waals surface area (Å²) in [5.74, 6) is 0. The van der Waals surface area contributed by atoms with Gasteiger partial charge in [0.1, 0.15) is 5.15 Å². The highest BCUT2D eigenvalue weighted by Gasteiger charge is 1.95. The second kappa shape index (κ2) is 2.50. The summed E-state index contributed by atoms with van der Waals surface area (Å²) in [5, 5.41) is -0.192. The van der Waals surface area contributed by atoms with Gasteiger partial charge in [-0.05, 0) is 18.5 Å². The van der Waals surface area contributed by atoms with E-state index in [1.807, 2.05) is 0 Å². The Morgan fingerprint density at radius 2 is 2.44 bits per heavy atom. The number of rotatable bonds is 0. The van der Waals surface area contributed by atoms with Crippen molar-refractivity contribution < 1.29 is 4.11 Å². The normalized spacial score (nSPS) is 16.0. The maximum atomic E-state index is 7.01. The first-order valence-corrected chi connectivity index (χ1v) is 2.85. The molecule has 0 aliphatic heterocycles. The lowest BCUT2D eigenvalue weighted by Gasteiger charge is -1.92. The van der Waals surface area contributed by atoms with Crippen LogP contribution in [0, 0.1) is 6.85 Å². The Hall–Kier alpha value is -0.340. The fraction of sp³-hybridized carbons (Fsp3) is 0.200. The monoisotopic (exact) mass is 165 g/mol. The van der Waals surface area contributed by atoms with Gasteiger partial charge in [0.25, 0.3) is 0 Å². The van der Waals surface area contributed by atoms with Crippen LogP contribution in [0.4, 0.5) is 0 Å². The molecule has 0 N–H and O–H groups in total. The quantitative estimate of drug-likeness (QED) is 0.435. The molecule has 0 fully saturated rings. The van der Waals surface area contributed by atoms with Crippen LogP contribution >= 0.6 is 23.2 Å². The highest BCUT2D eigenvalue weighted by atomic mass is 35.5. The molecule has 9 heavy (non-hydrogen) atoms. The van der Waals surface area contributed by atoms with Gasteiger partial charge in [0.05, 0.1) is 0 Å². The fourth-order valence-electron chi connectivity index (χ4n) is 0.341. The minimum atomic E-state index is -2.29. The molecule has 1 aromatic rings. The Bertz CT molecular complexity index is 299. The molecule has 0 radical (unpaired) electrons. The Kier molecular flexibility index (Phi) is 1.04. The molecule has 0 aliphatic rings. The average molecular weight is 166 g/mol. The van der Waals surface area contributed by atoms with E-state index in [9.17, 15) is 0 Å². The molecule has 48 valence electrons. The van der Waals surface area contributed by atoms with Crippen molar-refractivity contribution in [3.05, 3.63) is 22.2 Å². The molecule has 0 aliphatic carbocycles. The lowest BCUT2D eigenvalue weighted by molar-refractivity contribution is 1.13. The predicted molar refractivity (Wildman–Crippen MR) is 36.8 cm³/mol. The van der Waals surface area contributed by atoms with Crippen LogP contribution in [0.1, 0.15) is 9.68 Å². The highest BCUT2D eigenvalue weighted by Crippen LogP contribution is 2.11. The fourth-order valence-corrected chi connectivity index (χ4v) is 0.647. The molecular formula is C5H4Cl2N2. The van der Waals surface area contributed by atoms with Gasteiger partial charge >= 0.3 is 0 Å². The molecule has 0 atom stereocenters. The van der Waals surface area contributed by atoms with E-state index in [-0.39, 0.29) is 16.0 Å². The average Bonchev–Trinajstić information content (AvgIpc) is 1.83. The minimum Gasteiger partial charge on any atom is -0.226 e. The van der Waals surface area contributed by atoms with Crippen LogP contribution in [-0.2, 0) is 0 Å². The van der Waals surface area contributed by atoms with Crippen molar-refractivity contribution in [3.8, 4) is 0 Å². The molecule has 0 spiro atoms. The van der Waals surface area contributed by atoms with Gasteiger partial charge in [-0.15, -0.1) is 0 Å². The Labute approximate surface area is 67.1 Å². The van der Waals surface area contributed by atoms with E-state index in [0.717, 1.165) is 6.20 Å². The van der Waals surface area contributed by atoms with E-state index < -0.39 is 6.85 Å². The molecule has 0 aromatic carbocycles. The Morgan fingerprint density at radius 1 is 1.67 bits per heavy atom. The van der Waals surface area contributed by atoms with E-state index in [4.69, 9.17) is 27.3 Å². The minimum absolute atomic E-state index is 0.0620. The van der Waals surface area contributed by atoms with E-state index >= 15 is 0 Å². The van der Waals surface area contributed by atoms with Crippen molar-refractivity contribution in [2.75, 3.05) is 0 Å². The zero-order valence-electron chi connectivity index (χ0n) is 7.23. The van der Waals surface area contributed by atoms with E-state index in [0.29, 0.717) is 0 Å². The highest BCUT2D eigenvalue weighted by molar-refractivity contribution is 6.32. The number of nitrogens with zero attached hydrogens (tertiary/aromatic N) is 2. The molecule has 1 aromatic heterocycles. The molecule has 0 amide bonds. The molecule has 2 nitrogen and oxygen atoms in total. The van der Waals surface area contributed by atoms with Gasteiger partial charge in [0.15, 0.2) is 0 Å². The SMILES string of the molecule is [2H]C([2H])([2H])c1cnc(Cl)nc1Cl. The van der Waals surface area contributed by atoms with E-state index in [1.165, 1.54) is 0 Å². The van der Waals surface area contributed by atoms with Crippen molar-refractivity contribution in [1.29, 1.82) is 0 Å². The summed E-state index contributed by atoms with van der Waals surface area (Å²) in [7, 11) is 0. The number of hydrogen-bond donors (Lipinski definition) is 0. The van der Waals surface area contributed by atoms with Gasteiger partial charge in [0, 0.05) is 15.9 Å². The third kappa shape index (κ3) is 1.53. The van der Waals surface area contributed by atoms with Crippen LogP contribution < -0.4 is 0 Å². The maximum Gasteiger partial charge on any atom is 0.223 e. The number of aromatic nitrogens is 2. The maximum absolute atomic E-state index is 7.01. The summed E-state index contributed by atoms with van der Waals surface area (Å²) < 4.78 is 21.0. The number of hydrogen-bond acceptors (Lipinski definition) is 2. The molecular weight excluding hydrogens is 159 g/mol. The van der Waals surface area contributed by atoms with E-state index in [2.05, 4.69) is 9.97 Å². The molecule has 0 saturated carbocycles. The largest absolute Gasteiger partial charge is 0.226 e. The first kappa shape index (κ1) is 3.74. The summed E-state index contributed by atoms with van der Waals surface area (Å²) in [6, 6.07) is 0. The standard InChI is InChI=1S/C5H4Cl2N2/c1-3-2-8-5(7)9-4(3)6/h2H,1H3/i1D3. The molecule has 0 unspecified atom stereocenters. The Morgan fingerprint density at radius 3 is 3.00 bits per heavy atom. The van der Waals surface area contributed by atoms with Crippen LogP contribution in [0.5, 0.6) is 0 Å². The predicted octanol–water partition coefficient (Wildman–Crippen LogP) is 2.09. The van der Waals surface area contributed by atoms with Crippen LogP contribution in [-0.4, -0.2) is 9.97 Å². The smallest absolute Gasteiger partial charge is 0.223 e. The molecule has 0 bridgehead atoms. The zero-order chi connectivity index (χ0) is 9.35. The summed E-state index contributed by atoms with van der Waals surface area (Å²) in [4.78, 5) is 7.02. The zero-order valence-corrected chi connectivity index (χ0v) is 5.74. The topological polar surface area (TPSA) is 25.8 Å². The van der Waals surface area contributed by atoms with Gasteiger partial charge in [0.2, 0.25) is 5.28 Å². The van der Waals surface area contributed by atoms with Gasteiger partial charge in [-0.1, -0.05) is 11.6 Å². The number of aryl methyl sites for hydroxylation is 1. The van der Waals surface area contributed by atoms with Gasteiger partial charge in [-0.25, -0.2) is 9.97 Å². The third-order valence-corrected chi connectivity index (χ3v) is 1.18. The second-order valence-electron chi connectivity index (χ2n) is 1.34. The van der Waals surface area contributed by atoms with Gasteiger partial charge in [-0.2, -0.15) is 0 Å². The summed E-state index contributed by atoms with van der Waals surface area (Å²) in [6.07, 6.45) is 1.10. The first-order valence-electron chi connectivity index (χ1n) is 3.60. The van der Waals surface area contributed by atoms with E-state index in [1.54, 1.807) is 0 Å². The van der Waals surface area contributed by atoms with Crippen LogP contribution in [0.3, 0.4) is 0 Å². The second-order valence-corrected chi connectivity index (χ2v) is 2.04. The summed E-state index contributed by atoms with van der Waals surface area (Å²) >= 11 is 10.9. The van der Waals surface area contributed by atoms with Crippen molar-refractivity contribution in [2.24, 2.45) is 0 Å². The lowest BCUT2D eigenvalue weighted by atomic mass is 10.4. The molecule has 0 saturated heterocycles. The van der Waals surface area contributed by atoms with Crippen LogP contribution in [0.25, 0.3) is 0 Å². The van der Waals surface area contributed by atoms with Crippen LogP contribution in [0.15, 0.2) is 6.20 Å². The van der Waals surface area contributed by atoms with Crippen LogP contribution in [0.2, 0.25) is 10.4 Å². The molecule has 1 heterocycles. The summed E-state index contributed by atoms with van der Waals surface area (Å²) in [5.41, 5.74) is -0.0893. The lowest BCUT2D eigenvalue weighted by Crippen LogP contribution is -1.84. The van der Waals surface area contributed by atoms with Crippen molar-refractivity contribution in [3.63, 3.8) is 0 Å². The summed E-state index contributed by atoms with van der Waals surface area (Å²) in [6.45, 7) is -2.29. The number of halogens is 2. The van der Waals surface area contributed by atoms with Gasteiger partial charge < -0.3 is 0 Å². The van der Waals surface area contributed by atoms with Crippen molar-refractivity contribution in [2.45, 2.75) is 6.85 Å². The Balaban J connectivity index is 3.19. The van der Waals surface area contributed by atoms with Gasteiger partial charge in [-0.3, -0.25) is 0 Å².